The average molecular weight is 257 g/mol. The molecule has 0 unspecified atom stereocenters. The summed E-state index contributed by atoms with van der Waals surface area (Å²) in [6.45, 7) is 0. The van der Waals surface area contributed by atoms with Crippen molar-refractivity contribution in [1.82, 2.24) is 5.06 Å². The van der Waals surface area contributed by atoms with Gasteiger partial charge in [-0.25, -0.2) is 0 Å². The molecule has 2 aromatic carbocycles. The van der Waals surface area contributed by atoms with Crippen LogP contribution in [0.5, 0.6) is 5.75 Å². The van der Waals surface area contributed by atoms with Crippen LogP contribution >= 0.6 is 0 Å². The third-order valence-corrected chi connectivity index (χ3v) is 3.23. The molecule has 2 amide bonds. The van der Waals surface area contributed by atoms with Gasteiger partial charge in [0.25, 0.3) is 11.8 Å². The highest BCUT2D eigenvalue weighted by Crippen LogP contribution is 2.35. The number of rotatable bonds is 2. The summed E-state index contributed by atoms with van der Waals surface area (Å²) in [4.78, 5) is 29.2. The van der Waals surface area contributed by atoms with Crippen LogP contribution in [0, 0.1) is 0 Å². The van der Waals surface area contributed by atoms with Crippen LogP contribution in [0.15, 0.2) is 30.3 Å². The first kappa shape index (κ1) is 11.7. The molecule has 2 aromatic rings. The van der Waals surface area contributed by atoms with E-state index >= 15 is 0 Å². The van der Waals surface area contributed by atoms with E-state index in [0.29, 0.717) is 22.3 Å². The van der Waals surface area contributed by atoms with Gasteiger partial charge in [0.05, 0.1) is 25.3 Å². The zero-order valence-corrected chi connectivity index (χ0v) is 10.5. The minimum Gasteiger partial charge on any atom is -0.496 e. The van der Waals surface area contributed by atoms with Gasteiger partial charge in [0, 0.05) is 10.8 Å². The highest BCUT2D eigenvalue weighted by molar-refractivity contribution is 6.25. The lowest BCUT2D eigenvalue weighted by Gasteiger charge is -2.25. The molecule has 0 aliphatic carbocycles. The summed E-state index contributed by atoms with van der Waals surface area (Å²) >= 11 is 0. The molecule has 5 heteroatoms. The zero-order chi connectivity index (χ0) is 13.6. The highest BCUT2D eigenvalue weighted by Gasteiger charge is 2.33. The van der Waals surface area contributed by atoms with Gasteiger partial charge in [0.1, 0.15) is 5.75 Å². The number of benzene rings is 2. The summed E-state index contributed by atoms with van der Waals surface area (Å²) in [5.74, 6) is -0.287. The zero-order valence-electron chi connectivity index (χ0n) is 10.5. The number of ether oxygens (including phenoxy) is 1. The third-order valence-electron chi connectivity index (χ3n) is 3.23. The van der Waals surface area contributed by atoms with Crippen molar-refractivity contribution in [2.75, 3.05) is 14.2 Å². The molecule has 0 N–H and O–H groups in total. The highest BCUT2D eigenvalue weighted by atomic mass is 16.7. The maximum absolute atomic E-state index is 12.2. The second kappa shape index (κ2) is 4.07. The molecule has 3 rings (SSSR count). The van der Waals surface area contributed by atoms with E-state index in [1.807, 2.05) is 6.07 Å². The fraction of sp³-hybridized carbons (Fsp3) is 0.143. The Bertz CT molecular complexity index is 686. The topological polar surface area (TPSA) is 55.8 Å². The van der Waals surface area contributed by atoms with Crippen molar-refractivity contribution in [3.05, 3.63) is 41.5 Å². The van der Waals surface area contributed by atoms with Crippen molar-refractivity contribution >= 4 is 22.6 Å². The Kier molecular flexibility index (Phi) is 2.50. The number of hydroxylamine groups is 2. The lowest BCUT2D eigenvalue weighted by Crippen LogP contribution is -2.39. The summed E-state index contributed by atoms with van der Waals surface area (Å²) < 4.78 is 5.26. The Balaban J connectivity index is 2.42. The van der Waals surface area contributed by atoms with E-state index in [0.717, 1.165) is 10.4 Å². The Morgan fingerprint density at radius 3 is 2.26 bits per heavy atom. The van der Waals surface area contributed by atoms with Crippen LogP contribution in [0.4, 0.5) is 0 Å². The number of carbonyl (C=O) groups is 2. The molecule has 0 fully saturated rings. The van der Waals surface area contributed by atoms with Gasteiger partial charge in [-0.1, -0.05) is 12.1 Å². The normalized spacial score (nSPS) is 14.1. The fourth-order valence-electron chi connectivity index (χ4n) is 2.39. The SMILES string of the molecule is COc1ccc2c3c(cccc13)C(=O)N(OC)C2=O. The van der Waals surface area contributed by atoms with E-state index < -0.39 is 11.8 Å². The van der Waals surface area contributed by atoms with Crippen LogP contribution < -0.4 is 4.74 Å². The van der Waals surface area contributed by atoms with Crippen molar-refractivity contribution in [1.29, 1.82) is 0 Å². The van der Waals surface area contributed by atoms with Gasteiger partial charge in [-0.15, -0.1) is 5.06 Å². The molecule has 0 radical (unpaired) electrons. The van der Waals surface area contributed by atoms with Crippen LogP contribution in [0.1, 0.15) is 20.7 Å². The maximum Gasteiger partial charge on any atom is 0.285 e. The molecular formula is C14H11NO4. The van der Waals surface area contributed by atoms with Gasteiger partial charge in [0.2, 0.25) is 0 Å². The first-order valence-electron chi connectivity index (χ1n) is 5.71. The molecule has 96 valence electrons. The lowest BCUT2D eigenvalue weighted by atomic mass is 9.94. The van der Waals surface area contributed by atoms with Crippen LogP contribution in [0.2, 0.25) is 0 Å². The fourth-order valence-corrected chi connectivity index (χ4v) is 2.39. The predicted molar refractivity (Wildman–Crippen MR) is 68.0 cm³/mol. The molecule has 0 atom stereocenters. The van der Waals surface area contributed by atoms with Gasteiger partial charge >= 0.3 is 0 Å². The quantitative estimate of drug-likeness (QED) is 0.772. The Hall–Kier alpha value is -2.40. The third kappa shape index (κ3) is 1.45. The van der Waals surface area contributed by atoms with Crippen molar-refractivity contribution < 1.29 is 19.2 Å². The molecule has 1 aliphatic heterocycles. The van der Waals surface area contributed by atoms with Crippen LogP contribution in [-0.4, -0.2) is 31.1 Å². The minimum absolute atomic E-state index is 0.438. The Morgan fingerprint density at radius 2 is 1.63 bits per heavy atom. The molecular weight excluding hydrogens is 246 g/mol. The second-order valence-electron chi connectivity index (χ2n) is 4.13. The average Bonchev–Trinajstić information content (AvgIpc) is 2.44. The number of methoxy groups -OCH3 is 1. The van der Waals surface area contributed by atoms with Crippen LogP contribution in [0.25, 0.3) is 10.8 Å². The molecule has 0 saturated heterocycles. The van der Waals surface area contributed by atoms with Crippen LogP contribution in [-0.2, 0) is 4.84 Å². The van der Waals surface area contributed by atoms with Gasteiger partial charge < -0.3 is 4.74 Å². The van der Waals surface area contributed by atoms with Gasteiger partial charge in [-0.05, 0) is 18.2 Å². The van der Waals surface area contributed by atoms with E-state index in [1.165, 1.54) is 7.11 Å². The molecule has 19 heavy (non-hydrogen) atoms. The summed E-state index contributed by atoms with van der Waals surface area (Å²) in [5, 5.41) is 2.13. The molecule has 5 nitrogen and oxygen atoms in total. The summed E-state index contributed by atoms with van der Waals surface area (Å²) in [5.41, 5.74) is 0.876. The maximum atomic E-state index is 12.2. The number of hydrogen-bond donors (Lipinski definition) is 0. The summed E-state index contributed by atoms with van der Waals surface area (Å²) in [7, 11) is 2.85. The van der Waals surface area contributed by atoms with Crippen molar-refractivity contribution in [2.24, 2.45) is 0 Å². The van der Waals surface area contributed by atoms with E-state index in [2.05, 4.69) is 0 Å². The molecule has 0 aromatic heterocycles. The van der Waals surface area contributed by atoms with Gasteiger partial charge in [-0.3, -0.25) is 14.4 Å². The summed E-state index contributed by atoms with van der Waals surface area (Å²) in [6, 6.07) is 8.61. The van der Waals surface area contributed by atoms with E-state index in [4.69, 9.17) is 9.57 Å². The largest absolute Gasteiger partial charge is 0.496 e. The number of hydrogen-bond acceptors (Lipinski definition) is 4. The molecule has 0 saturated carbocycles. The standard InChI is InChI=1S/C14H11NO4/c1-18-11-7-6-10-12-8(11)4-3-5-9(12)13(16)15(19-2)14(10)17/h3-7H,1-2H3. The number of amides is 2. The molecule has 1 heterocycles. The van der Waals surface area contributed by atoms with Gasteiger partial charge in [0.15, 0.2) is 0 Å². The van der Waals surface area contributed by atoms with E-state index in [1.54, 1.807) is 31.4 Å². The minimum atomic E-state index is -0.459. The Labute approximate surface area is 109 Å². The summed E-state index contributed by atoms with van der Waals surface area (Å²) in [6.07, 6.45) is 0. The van der Waals surface area contributed by atoms with Crippen molar-refractivity contribution in [3.63, 3.8) is 0 Å². The van der Waals surface area contributed by atoms with E-state index in [-0.39, 0.29) is 0 Å². The first-order chi connectivity index (χ1) is 9.19. The number of carbonyl (C=O) groups excluding carboxylic acids is 2. The second-order valence-corrected chi connectivity index (χ2v) is 4.13. The molecule has 0 spiro atoms. The van der Waals surface area contributed by atoms with Crippen molar-refractivity contribution in [2.45, 2.75) is 0 Å². The number of nitrogens with zero attached hydrogens (tertiary/aromatic N) is 1. The van der Waals surface area contributed by atoms with E-state index in [9.17, 15) is 9.59 Å². The van der Waals surface area contributed by atoms with Crippen LogP contribution in [0.3, 0.4) is 0 Å². The van der Waals surface area contributed by atoms with Crippen molar-refractivity contribution in [3.8, 4) is 5.75 Å². The molecule has 1 aliphatic rings. The van der Waals surface area contributed by atoms with Gasteiger partial charge in [-0.2, -0.15) is 0 Å². The smallest absolute Gasteiger partial charge is 0.285 e. The number of imide groups is 1. The lowest BCUT2D eigenvalue weighted by molar-refractivity contribution is -0.0689. The monoisotopic (exact) mass is 257 g/mol. The first-order valence-corrected chi connectivity index (χ1v) is 5.71. The predicted octanol–water partition coefficient (Wildman–Crippen LogP) is 2.01. The molecule has 0 bridgehead atoms. The Morgan fingerprint density at radius 1 is 0.947 bits per heavy atom.